The Hall–Kier alpha value is -2.95. The Labute approximate surface area is 152 Å². The minimum absolute atomic E-state index is 0.0302. The predicted molar refractivity (Wildman–Crippen MR) is 99.8 cm³/mol. The standard InChI is InChI=1S/C21H22FN3O/c1-13-5-4-6-16(14(13)2)18(20-11-24-12-25-20)9-15-7-8-17(19(22)10-15)21(26)23-3/h4-8,10-12,18H,9H2,1-3H3,(H,23,26)(H,24,25). The molecule has 0 saturated heterocycles. The van der Waals surface area contributed by atoms with E-state index in [1.807, 2.05) is 18.3 Å². The fourth-order valence-corrected chi connectivity index (χ4v) is 3.24. The first-order chi connectivity index (χ1) is 12.5. The molecule has 1 heterocycles. The van der Waals surface area contributed by atoms with Crippen LogP contribution in [0.2, 0.25) is 0 Å². The zero-order valence-corrected chi connectivity index (χ0v) is 15.1. The van der Waals surface area contributed by atoms with Crippen LogP contribution >= 0.6 is 0 Å². The molecule has 2 aromatic carbocycles. The van der Waals surface area contributed by atoms with E-state index in [4.69, 9.17) is 0 Å². The highest BCUT2D eigenvalue weighted by Gasteiger charge is 2.20. The van der Waals surface area contributed by atoms with Gasteiger partial charge in [0.2, 0.25) is 0 Å². The van der Waals surface area contributed by atoms with Gasteiger partial charge < -0.3 is 10.3 Å². The maximum Gasteiger partial charge on any atom is 0.253 e. The zero-order valence-electron chi connectivity index (χ0n) is 15.1. The van der Waals surface area contributed by atoms with Crippen molar-refractivity contribution < 1.29 is 9.18 Å². The molecule has 134 valence electrons. The van der Waals surface area contributed by atoms with Crippen LogP contribution < -0.4 is 5.32 Å². The van der Waals surface area contributed by atoms with Crippen molar-refractivity contribution in [1.29, 1.82) is 0 Å². The molecule has 4 nitrogen and oxygen atoms in total. The van der Waals surface area contributed by atoms with E-state index in [2.05, 4.69) is 41.3 Å². The van der Waals surface area contributed by atoms with Crippen LogP contribution in [0.15, 0.2) is 48.9 Å². The molecule has 0 fully saturated rings. The number of hydrogen-bond acceptors (Lipinski definition) is 2. The summed E-state index contributed by atoms with van der Waals surface area (Å²) in [6.45, 7) is 4.18. The maximum atomic E-state index is 14.3. The molecule has 26 heavy (non-hydrogen) atoms. The predicted octanol–water partition coefficient (Wildman–Crippen LogP) is 3.90. The lowest BCUT2D eigenvalue weighted by molar-refractivity contribution is 0.0959. The van der Waals surface area contributed by atoms with Gasteiger partial charge in [-0.3, -0.25) is 4.79 Å². The van der Waals surface area contributed by atoms with Crippen LogP contribution in [0.25, 0.3) is 0 Å². The largest absolute Gasteiger partial charge is 0.355 e. The number of nitrogens with one attached hydrogen (secondary N) is 2. The van der Waals surface area contributed by atoms with E-state index in [0.29, 0.717) is 6.42 Å². The minimum atomic E-state index is -0.508. The van der Waals surface area contributed by atoms with Crippen molar-refractivity contribution in [2.75, 3.05) is 7.05 Å². The third-order valence-electron chi connectivity index (χ3n) is 4.86. The molecule has 1 amide bonds. The summed E-state index contributed by atoms with van der Waals surface area (Å²) in [5, 5.41) is 2.45. The number of amides is 1. The van der Waals surface area contributed by atoms with Gasteiger partial charge in [-0.05, 0) is 54.7 Å². The molecule has 3 rings (SSSR count). The number of carbonyl (C=O) groups excluding carboxylic acids is 1. The monoisotopic (exact) mass is 351 g/mol. The number of aromatic nitrogens is 2. The highest BCUT2D eigenvalue weighted by Crippen LogP contribution is 2.31. The third-order valence-corrected chi connectivity index (χ3v) is 4.86. The molecule has 0 radical (unpaired) electrons. The fourth-order valence-electron chi connectivity index (χ4n) is 3.24. The maximum absolute atomic E-state index is 14.3. The summed E-state index contributed by atoms with van der Waals surface area (Å²) in [6.07, 6.45) is 4.07. The van der Waals surface area contributed by atoms with Crippen molar-refractivity contribution in [3.05, 3.63) is 88.3 Å². The van der Waals surface area contributed by atoms with Gasteiger partial charge >= 0.3 is 0 Å². The molecule has 0 saturated carbocycles. The normalized spacial score (nSPS) is 12.0. The number of aryl methyl sites for hydroxylation is 1. The molecule has 0 aliphatic rings. The van der Waals surface area contributed by atoms with E-state index in [1.54, 1.807) is 6.33 Å². The SMILES string of the molecule is CNC(=O)c1ccc(CC(c2cnc[nH]2)c2cccc(C)c2C)cc1F. The summed E-state index contributed by atoms with van der Waals surface area (Å²) in [5.74, 6) is -0.900. The summed E-state index contributed by atoms with van der Waals surface area (Å²) in [4.78, 5) is 19.0. The van der Waals surface area contributed by atoms with E-state index in [0.717, 1.165) is 11.3 Å². The summed E-state index contributed by atoms with van der Waals surface area (Å²) >= 11 is 0. The van der Waals surface area contributed by atoms with E-state index in [1.165, 1.54) is 35.9 Å². The third kappa shape index (κ3) is 3.52. The second kappa shape index (κ2) is 7.52. The fraction of sp³-hybridized carbons (Fsp3) is 0.238. The smallest absolute Gasteiger partial charge is 0.253 e. The molecular formula is C21H22FN3O. The molecule has 1 unspecified atom stereocenters. The highest BCUT2D eigenvalue weighted by molar-refractivity contribution is 5.94. The Morgan fingerprint density at radius 1 is 1.27 bits per heavy atom. The van der Waals surface area contributed by atoms with Crippen molar-refractivity contribution >= 4 is 5.91 Å². The number of aromatic amines is 1. The van der Waals surface area contributed by atoms with Crippen LogP contribution in [-0.2, 0) is 6.42 Å². The van der Waals surface area contributed by atoms with E-state index in [-0.39, 0.29) is 11.5 Å². The van der Waals surface area contributed by atoms with Crippen LogP contribution in [-0.4, -0.2) is 22.9 Å². The summed E-state index contributed by atoms with van der Waals surface area (Å²) in [7, 11) is 1.49. The lowest BCUT2D eigenvalue weighted by Crippen LogP contribution is -2.19. The van der Waals surface area contributed by atoms with Crippen molar-refractivity contribution in [3.63, 3.8) is 0 Å². The number of benzene rings is 2. The topological polar surface area (TPSA) is 57.8 Å². The Balaban J connectivity index is 1.98. The summed E-state index contributed by atoms with van der Waals surface area (Å²) in [6, 6.07) is 11.0. The van der Waals surface area contributed by atoms with Crippen LogP contribution in [0.5, 0.6) is 0 Å². The average Bonchev–Trinajstić information content (AvgIpc) is 3.16. The number of nitrogens with zero attached hydrogens (tertiary/aromatic N) is 1. The molecule has 0 spiro atoms. The second-order valence-electron chi connectivity index (χ2n) is 6.45. The number of carbonyl (C=O) groups is 1. The van der Waals surface area contributed by atoms with Gasteiger partial charge in [0.25, 0.3) is 5.91 Å². The van der Waals surface area contributed by atoms with Gasteiger partial charge in [-0.1, -0.05) is 24.3 Å². The zero-order chi connectivity index (χ0) is 18.7. The van der Waals surface area contributed by atoms with E-state index >= 15 is 0 Å². The molecule has 5 heteroatoms. The number of imidazole rings is 1. The lowest BCUT2D eigenvalue weighted by atomic mass is 9.85. The Morgan fingerprint density at radius 3 is 2.73 bits per heavy atom. The Morgan fingerprint density at radius 2 is 2.08 bits per heavy atom. The molecule has 1 atom stereocenters. The summed E-state index contributed by atoms with van der Waals surface area (Å²) < 4.78 is 14.3. The van der Waals surface area contributed by atoms with Crippen molar-refractivity contribution in [3.8, 4) is 0 Å². The van der Waals surface area contributed by atoms with Gasteiger partial charge in [0.15, 0.2) is 0 Å². The van der Waals surface area contributed by atoms with Crippen LogP contribution in [0, 0.1) is 19.7 Å². The number of hydrogen-bond donors (Lipinski definition) is 2. The molecular weight excluding hydrogens is 329 g/mol. The van der Waals surface area contributed by atoms with Crippen molar-refractivity contribution in [1.82, 2.24) is 15.3 Å². The number of H-pyrrole nitrogens is 1. The lowest BCUT2D eigenvalue weighted by Gasteiger charge is -2.20. The second-order valence-corrected chi connectivity index (χ2v) is 6.45. The molecule has 0 bridgehead atoms. The Bertz CT molecular complexity index is 919. The molecule has 3 aromatic rings. The first kappa shape index (κ1) is 17.9. The van der Waals surface area contributed by atoms with Gasteiger partial charge in [0.05, 0.1) is 11.9 Å². The Kier molecular flexibility index (Phi) is 5.16. The van der Waals surface area contributed by atoms with Crippen molar-refractivity contribution in [2.45, 2.75) is 26.2 Å². The number of halogens is 1. The van der Waals surface area contributed by atoms with Gasteiger partial charge in [0.1, 0.15) is 5.82 Å². The minimum Gasteiger partial charge on any atom is -0.355 e. The molecule has 0 aliphatic heterocycles. The summed E-state index contributed by atoms with van der Waals surface area (Å²) in [5.41, 5.74) is 5.49. The average molecular weight is 351 g/mol. The molecule has 0 aliphatic carbocycles. The van der Waals surface area contributed by atoms with Crippen LogP contribution in [0.3, 0.4) is 0 Å². The van der Waals surface area contributed by atoms with E-state index < -0.39 is 11.7 Å². The van der Waals surface area contributed by atoms with Gasteiger partial charge in [-0.2, -0.15) is 0 Å². The van der Waals surface area contributed by atoms with Gasteiger partial charge in [-0.25, -0.2) is 9.37 Å². The van der Waals surface area contributed by atoms with Crippen LogP contribution in [0.1, 0.15) is 44.2 Å². The quantitative estimate of drug-likeness (QED) is 0.732. The van der Waals surface area contributed by atoms with Gasteiger partial charge in [0, 0.05) is 24.9 Å². The first-order valence-electron chi connectivity index (χ1n) is 8.56. The van der Waals surface area contributed by atoms with Crippen LogP contribution in [0.4, 0.5) is 4.39 Å². The van der Waals surface area contributed by atoms with Crippen molar-refractivity contribution in [2.24, 2.45) is 0 Å². The highest BCUT2D eigenvalue weighted by atomic mass is 19.1. The molecule has 1 aromatic heterocycles. The van der Waals surface area contributed by atoms with Gasteiger partial charge in [-0.15, -0.1) is 0 Å². The first-order valence-corrected chi connectivity index (χ1v) is 8.56. The van der Waals surface area contributed by atoms with E-state index in [9.17, 15) is 9.18 Å². The number of rotatable bonds is 5. The molecule has 2 N–H and O–H groups in total.